The Kier molecular flexibility index (Phi) is 5.08. The van der Waals surface area contributed by atoms with Crippen molar-refractivity contribution >= 4 is 17.5 Å². The molecule has 1 aliphatic rings. The molecule has 0 atom stereocenters. The van der Waals surface area contributed by atoms with Crippen molar-refractivity contribution in [2.75, 3.05) is 10.6 Å². The molecule has 0 unspecified atom stereocenters. The third kappa shape index (κ3) is 4.10. The van der Waals surface area contributed by atoms with E-state index in [9.17, 15) is 4.79 Å². The molecule has 3 rings (SSSR count). The normalized spacial score (nSPS) is 15.1. The number of aryl methyl sites for hydroxylation is 2. The van der Waals surface area contributed by atoms with Gasteiger partial charge in [0.15, 0.2) is 0 Å². The molecule has 5 heteroatoms. The third-order valence-corrected chi connectivity index (χ3v) is 4.62. The van der Waals surface area contributed by atoms with Gasteiger partial charge < -0.3 is 10.6 Å². The zero-order valence-electron chi connectivity index (χ0n) is 14.3. The molecule has 24 heavy (non-hydrogen) atoms. The predicted octanol–water partition coefficient (Wildman–Crippen LogP) is 4.09. The minimum atomic E-state index is -0.192. The quantitative estimate of drug-likeness (QED) is 0.889. The molecule has 2 aromatic rings. The first kappa shape index (κ1) is 16.4. The molecular weight excluding hydrogens is 300 g/mol. The fourth-order valence-electron chi connectivity index (χ4n) is 2.97. The molecule has 126 valence electrons. The van der Waals surface area contributed by atoms with Crippen LogP contribution in [0.3, 0.4) is 0 Å². The van der Waals surface area contributed by atoms with Gasteiger partial charge in [0.2, 0.25) is 5.95 Å². The molecule has 5 nitrogen and oxygen atoms in total. The molecule has 0 bridgehead atoms. The van der Waals surface area contributed by atoms with Crippen molar-refractivity contribution in [3.05, 3.63) is 47.3 Å². The fourth-order valence-corrected chi connectivity index (χ4v) is 2.97. The second-order valence-corrected chi connectivity index (χ2v) is 6.53. The van der Waals surface area contributed by atoms with Crippen LogP contribution in [0.25, 0.3) is 0 Å². The van der Waals surface area contributed by atoms with Gasteiger partial charge in [-0.2, -0.15) is 0 Å². The molecule has 0 radical (unpaired) electrons. The molecule has 1 aliphatic carbocycles. The summed E-state index contributed by atoms with van der Waals surface area (Å²) in [6.07, 6.45) is 9.32. The lowest BCUT2D eigenvalue weighted by Crippen LogP contribution is -2.23. The van der Waals surface area contributed by atoms with Crippen molar-refractivity contribution in [1.82, 2.24) is 9.97 Å². The summed E-state index contributed by atoms with van der Waals surface area (Å²) in [7, 11) is 0. The standard InChI is InChI=1S/C19H24N4O/c1-13-8-9-17(10-14(13)2)22-18(24)15-11-20-19(21-12-15)23-16-6-4-3-5-7-16/h8-12,16H,3-7H2,1-2H3,(H,22,24)(H,20,21,23). The largest absolute Gasteiger partial charge is 0.351 e. The molecule has 1 fully saturated rings. The van der Waals surface area contributed by atoms with Gasteiger partial charge in [-0.25, -0.2) is 9.97 Å². The zero-order chi connectivity index (χ0) is 16.9. The van der Waals surface area contributed by atoms with Crippen LogP contribution in [-0.2, 0) is 0 Å². The van der Waals surface area contributed by atoms with Gasteiger partial charge in [-0.3, -0.25) is 4.79 Å². The second kappa shape index (κ2) is 7.43. The summed E-state index contributed by atoms with van der Waals surface area (Å²) in [5.74, 6) is 0.409. The molecule has 2 N–H and O–H groups in total. The molecule has 0 aliphatic heterocycles. The van der Waals surface area contributed by atoms with Gasteiger partial charge in [-0.15, -0.1) is 0 Å². The summed E-state index contributed by atoms with van der Waals surface area (Å²) in [6.45, 7) is 4.08. The van der Waals surface area contributed by atoms with Crippen LogP contribution in [0.4, 0.5) is 11.6 Å². The first-order valence-corrected chi connectivity index (χ1v) is 8.59. The lowest BCUT2D eigenvalue weighted by atomic mass is 9.96. The average molecular weight is 324 g/mol. The molecule has 1 saturated carbocycles. The van der Waals surface area contributed by atoms with Crippen LogP contribution >= 0.6 is 0 Å². The zero-order valence-corrected chi connectivity index (χ0v) is 14.3. The van der Waals surface area contributed by atoms with Crippen LogP contribution in [0, 0.1) is 13.8 Å². The maximum absolute atomic E-state index is 12.3. The Morgan fingerprint density at radius 1 is 1.04 bits per heavy atom. The van der Waals surface area contributed by atoms with E-state index in [1.54, 1.807) is 12.4 Å². The number of nitrogens with one attached hydrogen (secondary N) is 2. The number of benzene rings is 1. The highest BCUT2D eigenvalue weighted by atomic mass is 16.1. The van der Waals surface area contributed by atoms with E-state index in [-0.39, 0.29) is 5.91 Å². The van der Waals surface area contributed by atoms with Crippen molar-refractivity contribution in [2.45, 2.75) is 52.0 Å². The molecule has 1 aromatic carbocycles. The van der Waals surface area contributed by atoms with Gasteiger partial charge in [-0.1, -0.05) is 25.3 Å². The van der Waals surface area contributed by atoms with Crippen LogP contribution in [0.15, 0.2) is 30.6 Å². The first-order valence-electron chi connectivity index (χ1n) is 8.59. The van der Waals surface area contributed by atoms with Crippen molar-refractivity contribution in [2.24, 2.45) is 0 Å². The minimum absolute atomic E-state index is 0.192. The van der Waals surface area contributed by atoms with Gasteiger partial charge in [0, 0.05) is 24.1 Å². The molecule has 1 aromatic heterocycles. The van der Waals surface area contributed by atoms with Crippen LogP contribution in [0.2, 0.25) is 0 Å². The minimum Gasteiger partial charge on any atom is -0.351 e. The Labute approximate surface area is 142 Å². The Morgan fingerprint density at radius 3 is 2.42 bits per heavy atom. The number of aromatic nitrogens is 2. The Morgan fingerprint density at radius 2 is 1.75 bits per heavy atom. The summed E-state index contributed by atoms with van der Waals surface area (Å²) >= 11 is 0. The topological polar surface area (TPSA) is 66.9 Å². The second-order valence-electron chi connectivity index (χ2n) is 6.53. The van der Waals surface area contributed by atoms with E-state index in [0.717, 1.165) is 11.3 Å². The summed E-state index contributed by atoms with van der Waals surface area (Å²) in [5.41, 5.74) is 3.60. The fraction of sp³-hybridized carbons (Fsp3) is 0.421. The lowest BCUT2D eigenvalue weighted by molar-refractivity contribution is 0.102. The van der Waals surface area contributed by atoms with E-state index in [2.05, 4.69) is 20.6 Å². The first-order chi connectivity index (χ1) is 11.6. The number of nitrogens with zero attached hydrogens (tertiary/aromatic N) is 2. The van der Waals surface area contributed by atoms with E-state index in [1.165, 1.54) is 37.7 Å². The highest BCUT2D eigenvalue weighted by molar-refractivity contribution is 6.03. The highest BCUT2D eigenvalue weighted by Crippen LogP contribution is 2.20. The number of hydrogen-bond acceptors (Lipinski definition) is 4. The van der Waals surface area contributed by atoms with E-state index in [1.807, 2.05) is 32.0 Å². The third-order valence-electron chi connectivity index (χ3n) is 4.62. The van der Waals surface area contributed by atoms with Gasteiger partial charge >= 0.3 is 0 Å². The van der Waals surface area contributed by atoms with Gasteiger partial charge in [0.1, 0.15) is 0 Å². The number of anilines is 2. The average Bonchev–Trinajstić information content (AvgIpc) is 2.60. The van der Waals surface area contributed by atoms with Crippen molar-refractivity contribution < 1.29 is 4.79 Å². The number of amides is 1. The predicted molar refractivity (Wildman–Crippen MR) is 96.4 cm³/mol. The molecule has 0 saturated heterocycles. The number of carbonyl (C=O) groups excluding carboxylic acids is 1. The Bertz CT molecular complexity index is 706. The van der Waals surface area contributed by atoms with Crippen LogP contribution in [-0.4, -0.2) is 21.9 Å². The van der Waals surface area contributed by atoms with E-state index in [0.29, 0.717) is 17.6 Å². The molecule has 0 spiro atoms. The number of rotatable bonds is 4. The Hall–Kier alpha value is -2.43. The smallest absolute Gasteiger partial charge is 0.258 e. The molecule has 1 heterocycles. The molecule has 1 amide bonds. The van der Waals surface area contributed by atoms with E-state index >= 15 is 0 Å². The lowest BCUT2D eigenvalue weighted by Gasteiger charge is -2.22. The van der Waals surface area contributed by atoms with E-state index < -0.39 is 0 Å². The van der Waals surface area contributed by atoms with Gasteiger partial charge in [0.25, 0.3) is 5.91 Å². The van der Waals surface area contributed by atoms with Gasteiger partial charge in [-0.05, 0) is 49.9 Å². The number of carbonyl (C=O) groups is 1. The van der Waals surface area contributed by atoms with Crippen LogP contribution in [0.5, 0.6) is 0 Å². The Balaban J connectivity index is 1.61. The SMILES string of the molecule is Cc1ccc(NC(=O)c2cnc(NC3CCCCC3)nc2)cc1C. The van der Waals surface area contributed by atoms with Crippen LogP contribution < -0.4 is 10.6 Å². The summed E-state index contributed by atoms with van der Waals surface area (Å²) in [4.78, 5) is 20.9. The maximum Gasteiger partial charge on any atom is 0.258 e. The van der Waals surface area contributed by atoms with Crippen molar-refractivity contribution in [3.63, 3.8) is 0 Å². The van der Waals surface area contributed by atoms with Crippen molar-refractivity contribution in [3.8, 4) is 0 Å². The van der Waals surface area contributed by atoms with Gasteiger partial charge in [0.05, 0.1) is 5.56 Å². The summed E-state index contributed by atoms with van der Waals surface area (Å²) < 4.78 is 0. The number of hydrogen-bond donors (Lipinski definition) is 2. The maximum atomic E-state index is 12.3. The summed E-state index contributed by atoms with van der Waals surface area (Å²) in [5, 5.41) is 6.24. The van der Waals surface area contributed by atoms with Crippen LogP contribution in [0.1, 0.15) is 53.6 Å². The van der Waals surface area contributed by atoms with E-state index in [4.69, 9.17) is 0 Å². The molecular formula is C19H24N4O. The monoisotopic (exact) mass is 324 g/mol. The highest BCUT2D eigenvalue weighted by Gasteiger charge is 2.14. The van der Waals surface area contributed by atoms with Crippen molar-refractivity contribution in [1.29, 1.82) is 0 Å². The summed E-state index contributed by atoms with van der Waals surface area (Å²) in [6, 6.07) is 6.32.